The monoisotopic (exact) mass is 414 g/mol. The lowest BCUT2D eigenvalue weighted by Crippen LogP contribution is -2.33. The van der Waals surface area contributed by atoms with Gasteiger partial charge in [0.25, 0.3) is 0 Å². The largest absolute Gasteiger partial charge is 0.485 e. The van der Waals surface area contributed by atoms with E-state index in [1.165, 1.54) is 14.0 Å². The lowest BCUT2D eigenvalue weighted by Gasteiger charge is -2.19. The van der Waals surface area contributed by atoms with E-state index < -0.39 is 18.2 Å². The predicted molar refractivity (Wildman–Crippen MR) is 109 cm³/mol. The Morgan fingerprint density at radius 1 is 1.00 bits per heavy atom. The Labute approximate surface area is 175 Å². The first-order chi connectivity index (χ1) is 14.6. The number of aliphatic hydroxyl groups is 1. The van der Waals surface area contributed by atoms with Crippen LogP contribution in [-0.2, 0) is 41.8 Å². The molecule has 1 N–H and O–H groups in total. The summed E-state index contributed by atoms with van der Waals surface area (Å²) < 4.78 is 21.8. The first kappa shape index (κ1) is 23.1. The van der Waals surface area contributed by atoms with Crippen molar-refractivity contribution in [1.29, 1.82) is 0 Å². The maximum absolute atomic E-state index is 12.3. The van der Waals surface area contributed by atoms with Crippen LogP contribution < -0.4 is 0 Å². The predicted octanol–water partition coefficient (Wildman–Crippen LogP) is 2.77. The number of ether oxygens (including phenoxy) is 4. The molecule has 7 heteroatoms. The topological polar surface area (TPSA) is 91.3 Å². The maximum atomic E-state index is 12.3. The number of esters is 1. The minimum Gasteiger partial charge on any atom is -0.485 e. The van der Waals surface area contributed by atoms with Gasteiger partial charge in [0.2, 0.25) is 5.76 Å². The fraction of sp³-hybridized carbons (Fsp3) is 0.304. The van der Waals surface area contributed by atoms with Gasteiger partial charge in [-0.25, -0.2) is 4.79 Å². The number of aliphatic hydroxyl groups excluding tert-OH is 1. The molecular weight excluding hydrogens is 388 g/mol. The standard InChI is InChI=1S/C21H22O6.C2H4O/c1-24-14-17(22)18-19(25-12-15-8-4-2-5-9-15)20(21(23)27-18)26-13-16-10-6-3-7-11-16;1-2-3/h2-11,17-18,22H,12-14H2,1H3;2H,1H3. The van der Waals surface area contributed by atoms with Crippen molar-refractivity contribution in [3.8, 4) is 0 Å². The highest BCUT2D eigenvalue weighted by atomic mass is 16.6. The Morgan fingerprint density at radius 2 is 1.50 bits per heavy atom. The summed E-state index contributed by atoms with van der Waals surface area (Å²) in [6, 6.07) is 19.0. The summed E-state index contributed by atoms with van der Waals surface area (Å²) in [5.74, 6) is -0.492. The van der Waals surface area contributed by atoms with E-state index >= 15 is 0 Å². The van der Waals surface area contributed by atoms with Crippen LogP contribution in [0.5, 0.6) is 0 Å². The van der Waals surface area contributed by atoms with E-state index in [-0.39, 0.29) is 31.3 Å². The lowest BCUT2D eigenvalue weighted by molar-refractivity contribution is -0.149. The van der Waals surface area contributed by atoms with Crippen LogP contribution in [0, 0.1) is 0 Å². The summed E-state index contributed by atoms with van der Waals surface area (Å²) in [5, 5.41) is 10.3. The SMILES string of the molecule is CC=O.COCC(O)C1OC(=O)C(OCc2ccccc2)=C1OCc1ccccc1. The van der Waals surface area contributed by atoms with Gasteiger partial charge < -0.3 is 28.8 Å². The molecule has 3 rings (SSSR count). The van der Waals surface area contributed by atoms with Crippen molar-refractivity contribution in [1.82, 2.24) is 0 Å². The molecule has 1 aliphatic heterocycles. The van der Waals surface area contributed by atoms with Crippen molar-refractivity contribution in [2.75, 3.05) is 13.7 Å². The molecule has 0 saturated carbocycles. The molecule has 1 heterocycles. The Bertz CT molecular complexity index is 818. The van der Waals surface area contributed by atoms with Crippen LogP contribution in [0.15, 0.2) is 72.2 Å². The smallest absolute Gasteiger partial charge is 0.378 e. The quantitative estimate of drug-likeness (QED) is 0.498. The second-order valence-electron chi connectivity index (χ2n) is 6.33. The van der Waals surface area contributed by atoms with E-state index in [2.05, 4.69) is 0 Å². The maximum Gasteiger partial charge on any atom is 0.378 e. The van der Waals surface area contributed by atoms with Gasteiger partial charge in [-0.1, -0.05) is 60.7 Å². The summed E-state index contributed by atoms with van der Waals surface area (Å²) in [6.07, 6.45) is -1.27. The third kappa shape index (κ3) is 6.72. The molecule has 30 heavy (non-hydrogen) atoms. The molecule has 2 aromatic carbocycles. The number of carbonyl (C=O) groups is 2. The molecule has 0 saturated heterocycles. The summed E-state index contributed by atoms with van der Waals surface area (Å²) in [7, 11) is 1.46. The summed E-state index contributed by atoms with van der Waals surface area (Å²) in [6.45, 7) is 1.86. The van der Waals surface area contributed by atoms with Crippen molar-refractivity contribution in [2.45, 2.75) is 32.3 Å². The number of aldehydes is 1. The van der Waals surface area contributed by atoms with Crippen LogP contribution in [-0.4, -0.2) is 43.3 Å². The number of hydrogen-bond acceptors (Lipinski definition) is 7. The van der Waals surface area contributed by atoms with Gasteiger partial charge in [0.1, 0.15) is 25.6 Å². The van der Waals surface area contributed by atoms with E-state index in [0.29, 0.717) is 0 Å². The van der Waals surface area contributed by atoms with E-state index in [1.54, 1.807) is 0 Å². The van der Waals surface area contributed by atoms with Crippen LogP contribution in [0.25, 0.3) is 0 Å². The summed E-state index contributed by atoms with van der Waals surface area (Å²) in [4.78, 5) is 21.1. The highest BCUT2D eigenvalue weighted by Gasteiger charge is 2.42. The summed E-state index contributed by atoms with van der Waals surface area (Å²) >= 11 is 0. The van der Waals surface area contributed by atoms with Gasteiger partial charge in [0.05, 0.1) is 6.61 Å². The van der Waals surface area contributed by atoms with Crippen molar-refractivity contribution >= 4 is 12.3 Å². The van der Waals surface area contributed by atoms with E-state index in [0.717, 1.165) is 17.4 Å². The third-order valence-electron chi connectivity index (χ3n) is 4.05. The Balaban J connectivity index is 0.00000101. The number of carbonyl (C=O) groups excluding carboxylic acids is 2. The molecule has 0 radical (unpaired) electrons. The molecule has 0 amide bonds. The highest BCUT2D eigenvalue weighted by molar-refractivity contribution is 5.89. The van der Waals surface area contributed by atoms with E-state index in [1.807, 2.05) is 60.7 Å². The second-order valence-corrected chi connectivity index (χ2v) is 6.33. The lowest BCUT2D eigenvalue weighted by atomic mass is 10.1. The molecule has 2 atom stereocenters. The summed E-state index contributed by atoms with van der Waals surface area (Å²) in [5.41, 5.74) is 1.83. The van der Waals surface area contributed by atoms with E-state index in [9.17, 15) is 9.90 Å². The van der Waals surface area contributed by atoms with Crippen LogP contribution in [0.4, 0.5) is 0 Å². The molecule has 1 aliphatic rings. The fourth-order valence-corrected chi connectivity index (χ4v) is 2.71. The molecular formula is C23H26O7. The van der Waals surface area contributed by atoms with Crippen LogP contribution in [0.1, 0.15) is 18.1 Å². The molecule has 0 fully saturated rings. The Morgan fingerprint density at radius 3 is 2.00 bits per heavy atom. The first-order valence-electron chi connectivity index (χ1n) is 9.46. The highest BCUT2D eigenvalue weighted by Crippen LogP contribution is 2.29. The molecule has 160 valence electrons. The van der Waals surface area contributed by atoms with Gasteiger partial charge in [-0.2, -0.15) is 0 Å². The molecule has 0 spiro atoms. The van der Waals surface area contributed by atoms with Gasteiger partial charge in [-0.15, -0.1) is 0 Å². The van der Waals surface area contributed by atoms with Crippen LogP contribution in [0.3, 0.4) is 0 Å². The first-order valence-corrected chi connectivity index (χ1v) is 9.46. The van der Waals surface area contributed by atoms with Crippen molar-refractivity contribution in [2.24, 2.45) is 0 Å². The minimum atomic E-state index is -1.05. The second kappa shape index (κ2) is 12.4. The average Bonchev–Trinajstić information content (AvgIpc) is 3.08. The molecule has 7 nitrogen and oxygen atoms in total. The van der Waals surface area contributed by atoms with Gasteiger partial charge in [-0.3, -0.25) is 0 Å². The number of rotatable bonds is 9. The molecule has 0 bridgehead atoms. The zero-order valence-corrected chi connectivity index (χ0v) is 17.0. The molecule has 2 unspecified atom stereocenters. The zero-order chi connectivity index (χ0) is 21.8. The number of hydrogen-bond donors (Lipinski definition) is 1. The normalized spacial score (nSPS) is 16.2. The number of cyclic esters (lactones) is 1. The van der Waals surface area contributed by atoms with Crippen LogP contribution in [0.2, 0.25) is 0 Å². The van der Waals surface area contributed by atoms with Crippen molar-refractivity contribution < 1.29 is 33.6 Å². The number of methoxy groups -OCH3 is 1. The molecule has 0 aromatic heterocycles. The average molecular weight is 414 g/mol. The van der Waals surface area contributed by atoms with Gasteiger partial charge >= 0.3 is 5.97 Å². The minimum absolute atomic E-state index is 0.00209. The van der Waals surface area contributed by atoms with E-state index in [4.69, 9.17) is 23.7 Å². The van der Waals surface area contributed by atoms with Gasteiger partial charge in [0.15, 0.2) is 11.9 Å². The van der Waals surface area contributed by atoms with Crippen molar-refractivity contribution in [3.05, 3.63) is 83.3 Å². The van der Waals surface area contributed by atoms with Crippen LogP contribution >= 0.6 is 0 Å². The van der Waals surface area contributed by atoms with Gasteiger partial charge in [0, 0.05) is 7.11 Å². The van der Waals surface area contributed by atoms with Crippen molar-refractivity contribution in [3.63, 3.8) is 0 Å². The molecule has 0 aliphatic carbocycles. The van der Waals surface area contributed by atoms with Gasteiger partial charge in [-0.05, 0) is 18.1 Å². The Hall–Kier alpha value is -3.16. The zero-order valence-electron chi connectivity index (χ0n) is 17.0. The molecule has 2 aromatic rings. The Kier molecular flexibility index (Phi) is 9.57. The third-order valence-corrected chi connectivity index (χ3v) is 4.05. The fourth-order valence-electron chi connectivity index (χ4n) is 2.71. The number of benzene rings is 2.